The van der Waals surface area contributed by atoms with E-state index in [-0.39, 0.29) is 5.41 Å². The van der Waals surface area contributed by atoms with Gasteiger partial charge in [0, 0.05) is 17.0 Å². The summed E-state index contributed by atoms with van der Waals surface area (Å²) < 4.78 is 19.0. The first-order chi connectivity index (χ1) is 16.6. The maximum atomic E-state index is 6.18. The Balaban J connectivity index is 1.14. The smallest absolute Gasteiger partial charge is 0.219 e. The molecule has 2 aromatic carbocycles. The zero-order chi connectivity index (χ0) is 23.1. The van der Waals surface area contributed by atoms with Crippen LogP contribution >= 0.6 is 0 Å². The van der Waals surface area contributed by atoms with E-state index in [4.69, 9.17) is 19.9 Å². The number of fused-ring (bicyclic) bond motifs is 2. The second-order valence-corrected chi connectivity index (χ2v) is 8.79. The fraction of sp³-hybridized carbons (Fsp3) is 0.231. The number of rotatable bonds is 7. The van der Waals surface area contributed by atoms with Crippen molar-refractivity contribution in [3.05, 3.63) is 78.1 Å². The van der Waals surface area contributed by atoms with Crippen molar-refractivity contribution in [1.82, 2.24) is 14.8 Å². The molecule has 0 unspecified atom stereocenters. The maximum absolute atomic E-state index is 6.18. The van der Waals surface area contributed by atoms with Gasteiger partial charge in [0.05, 0.1) is 44.0 Å². The predicted molar refractivity (Wildman–Crippen MR) is 129 cm³/mol. The van der Waals surface area contributed by atoms with Gasteiger partial charge in [-0.05, 0) is 48.7 Å². The lowest BCUT2D eigenvalue weighted by molar-refractivity contribution is 0.323. The van der Waals surface area contributed by atoms with Crippen molar-refractivity contribution >= 4 is 17.2 Å². The maximum Gasteiger partial charge on any atom is 0.219 e. The normalized spacial score (nSPS) is 15.0. The third kappa shape index (κ3) is 3.77. The van der Waals surface area contributed by atoms with Crippen molar-refractivity contribution in [2.24, 2.45) is 0 Å². The minimum Gasteiger partial charge on any atom is -0.497 e. The summed E-state index contributed by atoms with van der Waals surface area (Å²) in [7, 11) is 1.65. The molecule has 4 aromatic rings. The lowest BCUT2D eigenvalue weighted by atomic mass is 9.97. The second kappa shape index (κ2) is 7.98. The van der Waals surface area contributed by atoms with E-state index in [1.54, 1.807) is 18.0 Å². The molecule has 8 nitrogen and oxygen atoms in total. The SMILES string of the molecule is COc1ccc(Cn2cc(N)c(Nc3ccc(Oc4cccc5c4C4(CC4)CO5)nc3)n2)cc1. The van der Waals surface area contributed by atoms with Crippen LogP contribution in [0.1, 0.15) is 24.0 Å². The molecule has 0 amide bonds. The van der Waals surface area contributed by atoms with Crippen molar-refractivity contribution in [1.29, 1.82) is 0 Å². The van der Waals surface area contributed by atoms with Gasteiger partial charge in [-0.25, -0.2) is 4.98 Å². The van der Waals surface area contributed by atoms with E-state index >= 15 is 0 Å². The van der Waals surface area contributed by atoms with E-state index in [1.165, 1.54) is 5.56 Å². The first-order valence-corrected chi connectivity index (χ1v) is 11.2. The van der Waals surface area contributed by atoms with Crippen LogP contribution in [0.15, 0.2) is 67.0 Å². The summed E-state index contributed by atoms with van der Waals surface area (Å²) in [5.74, 6) is 3.68. The quantitative estimate of drug-likeness (QED) is 0.410. The number of hydrogen-bond acceptors (Lipinski definition) is 7. The predicted octanol–water partition coefficient (Wildman–Crippen LogP) is 4.88. The standard InChI is InChI=1S/C26H25N5O3/c1-32-19-8-5-17(6-9-19)14-31-15-20(27)25(30-31)29-18-7-10-23(28-13-18)34-22-4-2-3-21-24(22)26(11-12-26)16-33-21/h2-10,13,15H,11-12,14,16,27H2,1H3,(H,29,30). The van der Waals surface area contributed by atoms with Gasteiger partial charge in [0.1, 0.15) is 17.2 Å². The molecule has 8 heteroatoms. The molecule has 0 atom stereocenters. The molecule has 2 aliphatic rings. The highest BCUT2D eigenvalue weighted by Gasteiger charge is 2.52. The molecule has 1 aliphatic heterocycles. The van der Waals surface area contributed by atoms with Gasteiger partial charge in [0.25, 0.3) is 0 Å². The Morgan fingerprint density at radius 1 is 1.12 bits per heavy atom. The van der Waals surface area contributed by atoms with Crippen LogP contribution in [0.3, 0.4) is 0 Å². The Labute approximate surface area is 197 Å². The van der Waals surface area contributed by atoms with Gasteiger partial charge in [-0.1, -0.05) is 18.2 Å². The number of nitrogens with two attached hydrogens (primary N) is 1. The molecule has 3 N–H and O–H groups in total. The van der Waals surface area contributed by atoms with Crippen molar-refractivity contribution in [2.75, 3.05) is 24.8 Å². The number of nitrogens with zero attached hydrogens (tertiary/aromatic N) is 3. The zero-order valence-corrected chi connectivity index (χ0v) is 18.8. The molecule has 0 radical (unpaired) electrons. The summed E-state index contributed by atoms with van der Waals surface area (Å²) in [6.45, 7) is 1.35. The van der Waals surface area contributed by atoms with Gasteiger partial charge in [-0.2, -0.15) is 5.10 Å². The number of benzene rings is 2. The summed E-state index contributed by atoms with van der Waals surface area (Å²) in [5.41, 5.74) is 9.92. The van der Waals surface area contributed by atoms with E-state index in [9.17, 15) is 0 Å². The molecule has 0 saturated heterocycles. The van der Waals surface area contributed by atoms with E-state index in [2.05, 4.69) is 15.4 Å². The van der Waals surface area contributed by atoms with Crippen molar-refractivity contribution in [3.63, 3.8) is 0 Å². The second-order valence-electron chi connectivity index (χ2n) is 8.79. The Bertz CT molecular complexity index is 1330. The molecule has 1 spiro atoms. The van der Waals surface area contributed by atoms with Crippen molar-refractivity contribution in [2.45, 2.75) is 24.8 Å². The van der Waals surface area contributed by atoms with Gasteiger partial charge in [-0.3, -0.25) is 4.68 Å². The lowest BCUT2D eigenvalue weighted by Crippen LogP contribution is -2.08. The van der Waals surface area contributed by atoms with Gasteiger partial charge in [-0.15, -0.1) is 0 Å². The molecule has 172 valence electrons. The van der Waals surface area contributed by atoms with Crippen LogP contribution in [0.2, 0.25) is 0 Å². The number of methoxy groups -OCH3 is 1. The molecule has 2 aromatic heterocycles. The van der Waals surface area contributed by atoms with Crippen LogP contribution in [0.25, 0.3) is 0 Å². The molecule has 0 bridgehead atoms. The van der Waals surface area contributed by atoms with E-state index < -0.39 is 0 Å². The summed E-state index contributed by atoms with van der Waals surface area (Å²) >= 11 is 0. The van der Waals surface area contributed by atoms with Crippen LogP contribution in [0.5, 0.6) is 23.1 Å². The average molecular weight is 456 g/mol. The zero-order valence-electron chi connectivity index (χ0n) is 18.8. The fourth-order valence-electron chi connectivity index (χ4n) is 4.37. The van der Waals surface area contributed by atoms with Gasteiger partial charge in [0.2, 0.25) is 5.88 Å². The van der Waals surface area contributed by atoms with Crippen LogP contribution in [0.4, 0.5) is 17.2 Å². The number of pyridine rings is 1. The highest BCUT2D eigenvalue weighted by atomic mass is 16.5. The van der Waals surface area contributed by atoms with Crippen LogP contribution < -0.4 is 25.3 Å². The molecular formula is C26H25N5O3. The summed E-state index contributed by atoms with van der Waals surface area (Å²) in [6, 6.07) is 17.5. The number of aromatic nitrogens is 3. The molecule has 3 heterocycles. The number of anilines is 3. The molecule has 34 heavy (non-hydrogen) atoms. The number of nitrogens with one attached hydrogen (secondary N) is 1. The van der Waals surface area contributed by atoms with E-state index in [0.29, 0.717) is 23.9 Å². The highest BCUT2D eigenvalue weighted by Crippen LogP contribution is 2.58. The Kier molecular flexibility index (Phi) is 4.79. The summed E-state index contributed by atoms with van der Waals surface area (Å²) in [6.07, 6.45) is 5.81. The largest absolute Gasteiger partial charge is 0.497 e. The van der Waals surface area contributed by atoms with E-state index in [1.807, 2.05) is 60.8 Å². The van der Waals surface area contributed by atoms with Crippen molar-refractivity contribution in [3.8, 4) is 23.1 Å². The third-order valence-electron chi connectivity index (χ3n) is 6.38. The van der Waals surface area contributed by atoms with Crippen LogP contribution in [-0.2, 0) is 12.0 Å². The fourth-order valence-corrected chi connectivity index (χ4v) is 4.37. The first-order valence-electron chi connectivity index (χ1n) is 11.2. The topological polar surface area (TPSA) is 96.5 Å². The Morgan fingerprint density at radius 3 is 2.71 bits per heavy atom. The molecule has 1 aliphatic carbocycles. The molecule has 6 rings (SSSR count). The molecular weight excluding hydrogens is 430 g/mol. The third-order valence-corrected chi connectivity index (χ3v) is 6.38. The summed E-state index contributed by atoms with van der Waals surface area (Å²) in [4.78, 5) is 4.47. The average Bonchev–Trinajstić information content (AvgIpc) is 3.43. The summed E-state index contributed by atoms with van der Waals surface area (Å²) in [5, 5.41) is 7.81. The van der Waals surface area contributed by atoms with Gasteiger partial charge >= 0.3 is 0 Å². The minimum atomic E-state index is 0.135. The molecule has 1 fully saturated rings. The minimum absolute atomic E-state index is 0.135. The Hall–Kier alpha value is -4.20. The van der Waals surface area contributed by atoms with E-state index in [0.717, 1.165) is 47.9 Å². The molecule has 1 saturated carbocycles. The number of hydrogen-bond donors (Lipinski definition) is 2. The van der Waals surface area contributed by atoms with Crippen molar-refractivity contribution < 1.29 is 14.2 Å². The highest BCUT2D eigenvalue weighted by molar-refractivity contribution is 5.67. The monoisotopic (exact) mass is 455 g/mol. The number of ether oxygens (including phenoxy) is 3. The first kappa shape index (κ1) is 20.4. The van der Waals surface area contributed by atoms with Crippen LogP contribution in [-0.4, -0.2) is 28.5 Å². The lowest BCUT2D eigenvalue weighted by Gasteiger charge is -2.12. The Morgan fingerprint density at radius 2 is 1.97 bits per heavy atom. The van der Waals surface area contributed by atoms with Gasteiger partial charge in [0.15, 0.2) is 5.82 Å². The van der Waals surface area contributed by atoms with Gasteiger partial charge < -0.3 is 25.3 Å². The van der Waals surface area contributed by atoms with Crippen LogP contribution in [0, 0.1) is 0 Å². The number of nitrogen functional groups attached to an aromatic ring is 1.